The smallest absolute Gasteiger partial charge is 0.271 e. The maximum atomic E-state index is 12.1. The Hall–Kier alpha value is -2.29. The van der Waals surface area contributed by atoms with E-state index in [-0.39, 0.29) is 5.91 Å². The van der Waals surface area contributed by atoms with E-state index in [1.165, 1.54) is 0 Å². The van der Waals surface area contributed by atoms with Crippen LogP contribution < -0.4 is 19.6 Å². The van der Waals surface area contributed by atoms with Crippen LogP contribution in [0.2, 0.25) is 0 Å². The number of amides is 1. The Kier molecular flexibility index (Phi) is 6.42. The second-order valence-electron chi connectivity index (χ2n) is 4.67. The Balaban J connectivity index is 2.11. The zero-order valence-electron chi connectivity index (χ0n) is 13.5. The normalized spacial score (nSPS) is 10.5. The number of hydrazone groups is 1. The predicted molar refractivity (Wildman–Crippen MR) is 100 cm³/mol. The summed E-state index contributed by atoms with van der Waals surface area (Å²) in [5, 5.41) is 3.98. The first kappa shape index (κ1) is 18.1. The van der Waals surface area contributed by atoms with Crippen molar-refractivity contribution in [3.8, 4) is 17.2 Å². The molecular formula is C17H17IN2O4. The molecule has 1 amide bonds. The van der Waals surface area contributed by atoms with Crippen LogP contribution in [-0.2, 0) is 0 Å². The van der Waals surface area contributed by atoms with Gasteiger partial charge in [0.25, 0.3) is 5.91 Å². The fourth-order valence-electron chi connectivity index (χ4n) is 2.01. The van der Waals surface area contributed by atoms with E-state index in [4.69, 9.17) is 14.2 Å². The summed E-state index contributed by atoms with van der Waals surface area (Å²) in [4.78, 5) is 12.1. The lowest BCUT2D eigenvalue weighted by Gasteiger charge is -2.10. The predicted octanol–water partition coefficient (Wildman–Crippen LogP) is 3.08. The van der Waals surface area contributed by atoms with Crippen LogP contribution in [0.25, 0.3) is 0 Å². The first-order valence-corrected chi connectivity index (χ1v) is 8.06. The number of hydrogen-bond acceptors (Lipinski definition) is 5. The number of halogens is 1. The largest absolute Gasteiger partial charge is 0.497 e. The monoisotopic (exact) mass is 440 g/mol. The van der Waals surface area contributed by atoms with Crippen LogP contribution in [0.4, 0.5) is 0 Å². The molecule has 0 saturated heterocycles. The summed E-state index contributed by atoms with van der Waals surface area (Å²) in [6, 6.07) is 10.5. The average molecular weight is 440 g/mol. The van der Waals surface area contributed by atoms with E-state index >= 15 is 0 Å². The van der Waals surface area contributed by atoms with Crippen molar-refractivity contribution in [3.05, 3.63) is 51.1 Å². The van der Waals surface area contributed by atoms with Gasteiger partial charge in [0.15, 0.2) is 11.5 Å². The standard InChI is InChI=1S/C17H17IN2O4/c1-22-13-6-4-5-12(9-13)17(21)20-19-10-11-7-14(18)16(24-3)15(8-11)23-2/h4-10H,1-3H3,(H,20,21)/b19-10+. The molecule has 0 aliphatic rings. The molecule has 24 heavy (non-hydrogen) atoms. The van der Waals surface area contributed by atoms with Crippen LogP contribution in [0.1, 0.15) is 15.9 Å². The molecule has 0 spiro atoms. The van der Waals surface area contributed by atoms with Crippen LogP contribution in [0.3, 0.4) is 0 Å². The molecule has 0 bridgehead atoms. The number of carbonyl (C=O) groups excluding carboxylic acids is 1. The maximum absolute atomic E-state index is 12.1. The van der Waals surface area contributed by atoms with Crippen molar-refractivity contribution in [2.45, 2.75) is 0 Å². The van der Waals surface area contributed by atoms with Gasteiger partial charge in [-0.25, -0.2) is 5.43 Å². The van der Waals surface area contributed by atoms with Crippen LogP contribution in [-0.4, -0.2) is 33.5 Å². The van der Waals surface area contributed by atoms with Gasteiger partial charge in [-0.1, -0.05) is 6.07 Å². The van der Waals surface area contributed by atoms with Gasteiger partial charge in [-0.15, -0.1) is 0 Å². The first-order valence-electron chi connectivity index (χ1n) is 6.98. The third kappa shape index (κ3) is 4.38. The summed E-state index contributed by atoms with van der Waals surface area (Å²) in [6.45, 7) is 0. The molecule has 6 nitrogen and oxygen atoms in total. The molecule has 0 saturated carbocycles. The van der Waals surface area contributed by atoms with Crippen molar-refractivity contribution >= 4 is 34.7 Å². The minimum atomic E-state index is -0.319. The van der Waals surface area contributed by atoms with Gasteiger partial charge in [0, 0.05) is 5.56 Å². The number of ether oxygens (including phenoxy) is 3. The molecule has 2 rings (SSSR count). The molecule has 0 heterocycles. The zero-order chi connectivity index (χ0) is 17.5. The molecule has 2 aromatic rings. The van der Waals surface area contributed by atoms with E-state index in [1.807, 2.05) is 6.07 Å². The SMILES string of the molecule is COc1cccc(C(=O)N/N=C/c2cc(I)c(OC)c(OC)c2)c1. The molecule has 1 N–H and O–H groups in total. The molecule has 0 atom stereocenters. The van der Waals surface area contributed by atoms with Crippen molar-refractivity contribution in [2.24, 2.45) is 5.10 Å². The Labute approximate surface area is 153 Å². The van der Waals surface area contributed by atoms with Crippen molar-refractivity contribution in [3.63, 3.8) is 0 Å². The topological polar surface area (TPSA) is 69.2 Å². The number of nitrogens with one attached hydrogen (secondary N) is 1. The van der Waals surface area contributed by atoms with Crippen LogP contribution >= 0.6 is 22.6 Å². The summed E-state index contributed by atoms with van der Waals surface area (Å²) in [6.07, 6.45) is 1.54. The van der Waals surface area contributed by atoms with Gasteiger partial charge in [-0.05, 0) is 58.5 Å². The van der Waals surface area contributed by atoms with E-state index in [0.29, 0.717) is 22.8 Å². The average Bonchev–Trinajstić information content (AvgIpc) is 2.61. The molecule has 7 heteroatoms. The molecule has 0 fully saturated rings. The van der Waals surface area contributed by atoms with Gasteiger partial charge < -0.3 is 14.2 Å². The minimum Gasteiger partial charge on any atom is -0.497 e. The summed E-state index contributed by atoms with van der Waals surface area (Å²) in [5.41, 5.74) is 3.73. The number of nitrogens with zero attached hydrogens (tertiary/aromatic N) is 1. The third-order valence-electron chi connectivity index (χ3n) is 3.17. The highest BCUT2D eigenvalue weighted by Crippen LogP contribution is 2.32. The Bertz CT molecular complexity index is 762. The van der Waals surface area contributed by atoms with Crippen molar-refractivity contribution in [1.82, 2.24) is 5.43 Å². The molecule has 126 valence electrons. The van der Waals surface area contributed by atoms with Crippen LogP contribution in [0, 0.1) is 3.57 Å². The quantitative estimate of drug-likeness (QED) is 0.426. The Morgan fingerprint density at radius 1 is 1.12 bits per heavy atom. The maximum Gasteiger partial charge on any atom is 0.271 e. The van der Waals surface area contributed by atoms with Crippen LogP contribution in [0.5, 0.6) is 17.2 Å². The Morgan fingerprint density at radius 2 is 1.92 bits per heavy atom. The molecule has 0 aromatic heterocycles. The van der Waals surface area contributed by atoms with E-state index in [1.54, 1.807) is 57.9 Å². The van der Waals surface area contributed by atoms with Crippen molar-refractivity contribution in [2.75, 3.05) is 21.3 Å². The highest BCUT2D eigenvalue weighted by Gasteiger charge is 2.10. The number of hydrogen-bond donors (Lipinski definition) is 1. The number of methoxy groups -OCH3 is 3. The van der Waals surface area contributed by atoms with E-state index in [2.05, 4.69) is 33.1 Å². The second kappa shape index (κ2) is 8.53. The fourth-order valence-corrected chi connectivity index (χ4v) is 2.85. The van der Waals surface area contributed by atoms with Crippen molar-refractivity contribution < 1.29 is 19.0 Å². The lowest BCUT2D eigenvalue weighted by molar-refractivity contribution is 0.0955. The third-order valence-corrected chi connectivity index (χ3v) is 3.97. The lowest BCUT2D eigenvalue weighted by atomic mass is 10.2. The van der Waals surface area contributed by atoms with Crippen LogP contribution in [0.15, 0.2) is 41.5 Å². The fraction of sp³-hybridized carbons (Fsp3) is 0.176. The highest BCUT2D eigenvalue weighted by atomic mass is 127. The van der Waals surface area contributed by atoms with Crippen molar-refractivity contribution in [1.29, 1.82) is 0 Å². The van der Waals surface area contributed by atoms with Gasteiger partial charge in [0.1, 0.15) is 5.75 Å². The summed E-state index contributed by atoms with van der Waals surface area (Å²) in [7, 11) is 4.70. The van der Waals surface area contributed by atoms with Gasteiger partial charge in [-0.2, -0.15) is 5.10 Å². The molecule has 0 radical (unpaired) electrons. The minimum absolute atomic E-state index is 0.319. The second-order valence-corrected chi connectivity index (χ2v) is 5.83. The Morgan fingerprint density at radius 3 is 2.58 bits per heavy atom. The summed E-state index contributed by atoms with van der Waals surface area (Å²) < 4.78 is 16.6. The number of rotatable bonds is 6. The zero-order valence-corrected chi connectivity index (χ0v) is 15.7. The van der Waals surface area contributed by atoms with Gasteiger partial charge in [0.2, 0.25) is 0 Å². The molecular weight excluding hydrogens is 423 g/mol. The molecule has 0 aliphatic heterocycles. The summed E-state index contributed by atoms with van der Waals surface area (Å²) in [5.74, 6) is 1.56. The molecule has 2 aromatic carbocycles. The van der Waals surface area contributed by atoms with E-state index in [9.17, 15) is 4.79 Å². The van der Waals surface area contributed by atoms with E-state index < -0.39 is 0 Å². The highest BCUT2D eigenvalue weighted by molar-refractivity contribution is 14.1. The molecule has 0 unspecified atom stereocenters. The van der Waals surface area contributed by atoms with Gasteiger partial charge in [-0.3, -0.25) is 4.79 Å². The number of benzene rings is 2. The van der Waals surface area contributed by atoms with Gasteiger partial charge >= 0.3 is 0 Å². The summed E-state index contributed by atoms with van der Waals surface area (Å²) >= 11 is 2.15. The van der Waals surface area contributed by atoms with E-state index in [0.717, 1.165) is 9.13 Å². The number of carbonyl (C=O) groups is 1. The van der Waals surface area contributed by atoms with Gasteiger partial charge in [0.05, 0.1) is 31.1 Å². The molecule has 0 aliphatic carbocycles. The first-order chi connectivity index (χ1) is 11.6. The lowest BCUT2D eigenvalue weighted by Crippen LogP contribution is -2.17.